The van der Waals surface area contributed by atoms with Gasteiger partial charge in [0.15, 0.2) is 0 Å². The van der Waals surface area contributed by atoms with Gasteiger partial charge in [-0.2, -0.15) is 0 Å². The smallest absolute Gasteiger partial charge is 0.211 e. The van der Waals surface area contributed by atoms with E-state index in [1.165, 1.54) is 89.0 Å². The third kappa shape index (κ3) is 4.09. The average Bonchev–Trinajstić information content (AvgIpc) is 3.75. The van der Waals surface area contributed by atoms with Crippen molar-refractivity contribution in [1.82, 2.24) is 4.98 Å². The standard InChI is InChI=1S/C44H38BN2OS/c1-24-20-30(26-14-11-15-29-37-27-12-7-9-16-35(27)48-42(37)46-39(26)29)38-34(21-24)47(40-28-13-8-10-17-36(28)49-41(40)45-38)33-23-32-31(22-25(33)2)43(3,4)18-19-44(32,5)6/h7-17,20-23,46H,18-19H2,1-6H3. The van der Waals surface area contributed by atoms with Gasteiger partial charge in [0.2, 0.25) is 13.0 Å². The summed E-state index contributed by atoms with van der Waals surface area (Å²) < 4.78 is 8.96. The Morgan fingerprint density at radius 3 is 2.27 bits per heavy atom. The monoisotopic (exact) mass is 653 g/mol. The summed E-state index contributed by atoms with van der Waals surface area (Å²) in [4.78, 5) is 6.31. The van der Waals surface area contributed by atoms with Gasteiger partial charge in [0.1, 0.15) is 5.58 Å². The number of para-hydroxylation sites is 2. The lowest BCUT2D eigenvalue weighted by atomic mass is 9.61. The first-order valence-corrected chi connectivity index (χ1v) is 18.3. The minimum atomic E-state index is 0.111. The van der Waals surface area contributed by atoms with Crippen LogP contribution in [0, 0.1) is 13.8 Å². The maximum Gasteiger partial charge on any atom is 0.211 e. The summed E-state index contributed by atoms with van der Waals surface area (Å²) in [5.74, 6) is 0. The van der Waals surface area contributed by atoms with Crippen molar-refractivity contribution in [2.75, 3.05) is 4.90 Å². The summed E-state index contributed by atoms with van der Waals surface area (Å²) >= 11 is 1.89. The largest absolute Gasteiger partial charge is 0.440 e. The molecule has 49 heavy (non-hydrogen) atoms. The second-order valence-electron chi connectivity index (χ2n) is 15.6. The third-order valence-corrected chi connectivity index (χ3v) is 12.6. The Kier molecular flexibility index (Phi) is 5.91. The molecule has 3 aromatic heterocycles. The van der Waals surface area contributed by atoms with E-state index >= 15 is 0 Å². The molecule has 239 valence electrons. The van der Waals surface area contributed by atoms with E-state index in [1.54, 1.807) is 0 Å². The molecule has 0 bridgehead atoms. The summed E-state index contributed by atoms with van der Waals surface area (Å²) in [6, 6.07) is 33.8. The van der Waals surface area contributed by atoms with E-state index in [2.05, 4.69) is 138 Å². The number of rotatable bonds is 2. The highest BCUT2D eigenvalue weighted by Gasteiger charge is 2.39. The van der Waals surface area contributed by atoms with Crippen molar-refractivity contribution in [3.05, 3.63) is 113 Å². The number of aromatic amines is 1. The molecule has 1 N–H and O–H groups in total. The number of nitrogens with one attached hydrogen (secondary N) is 1. The number of furan rings is 1. The van der Waals surface area contributed by atoms with Gasteiger partial charge in [-0.25, -0.2) is 0 Å². The van der Waals surface area contributed by atoms with Crippen molar-refractivity contribution in [1.29, 1.82) is 0 Å². The van der Waals surface area contributed by atoms with E-state index in [-0.39, 0.29) is 10.8 Å². The van der Waals surface area contributed by atoms with Crippen LogP contribution in [0.15, 0.2) is 95.4 Å². The van der Waals surface area contributed by atoms with Crippen molar-refractivity contribution in [3.63, 3.8) is 0 Å². The molecule has 0 spiro atoms. The Labute approximate surface area is 291 Å². The molecule has 0 unspecified atom stereocenters. The van der Waals surface area contributed by atoms with Gasteiger partial charge in [0.25, 0.3) is 0 Å². The minimum absolute atomic E-state index is 0.111. The van der Waals surface area contributed by atoms with E-state index in [1.807, 2.05) is 23.5 Å². The molecule has 5 heteroatoms. The number of aryl methyl sites for hydroxylation is 2. The molecule has 3 nitrogen and oxygen atoms in total. The summed E-state index contributed by atoms with van der Waals surface area (Å²) in [6.45, 7) is 14.3. The second kappa shape index (κ2) is 9.92. The summed E-state index contributed by atoms with van der Waals surface area (Å²) in [5.41, 5.74) is 16.2. The molecule has 0 fully saturated rings. The van der Waals surface area contributed by atoms with E-state index in [9.17, 15) is 0 Å². The minimum Gasteiger partial charge on any atom is -0.440 e. The molecular weight excluding hydrogens is 615 g/mol. The highest BCUT2D eigenvalue weighted by Crippen LogP contribution is 2.51. The van der Waals surface area contributed by atoms with Crippen LogP contribution in [0.1, 0.15) is 62.8 Å². The maximum absolute atomic E-state index is 6.34. The van der Waals surface area contributed by atoms with Gasteiger partial charge in [0, 0.05) is 37.8 Å². The SMILES string of the molecule is Cc1cc(-c2cccc3c2[nH]c2oc4ccccc4c23)c2c(c1)N(c1cc3c(cc1C)C(C)(C)CCC3(C)C)c1c(sc3ccccc13)[B]2. The zero-order chi connectivity index (χ0) is 33.4. The summed E-state index contributed by atoms with van der Waals surface area (Å²) in [7, 11) is 2.45. The van der Waals surface area contributed by atoms with E-state index in [0.29, 0.717) is 0 Å². The van der Waals surface area contributed by atoms with E-state index < -0.39 is 0 Å². The highest BCUT2D eigenvalue weighted by atomic mass is 32.1. The maximum atomic E-state index is 6.34. The highest BCUT2D eigenvalue weighted by molar-refractivity contribution is 7.29. The summed E-state index contributed by atoms with van der Waals surface area (Å²) in [5, 5.41) is 4.80. The third-order valence-electron chi connectivity index (χ3n) is 11.5. The van der Waals surface area contributed by atoms with Crippen LogP contribution < -0.4 is 15.1 Å². The molecular formula is C44H38BN2OS. The van der Waals surface area contributed by atoms with Gasteiger partial charge < -0.3 is 14.3 Å². The molecule has 4 heterocycles. The Balaban J connectivity index is 1.26. The zero-order valence-electron chi connectivity index (χ0n) is 28.9. The van der Waals surface area contributed by atoms with Gasteiger partial charge in [-0.05, 0) is 99.8 Å². The first kappa shape index (κ1) is 29.2. The van der Waals surface area contributed by atoms with Gasteiger partial charge in [-0.1, -0.05) is 94.4 Å². The molecule has 1 radical (unpaired) electrons. The molecule has 1 aliphatic heterocycles. The number of benzene rings is 5. The number of fused-ring (bicyclic) bond motifs is 10. The Morgan fingerprint density at radius 1 is 0.735 bits per heavy atom. The van der Waals surface area contributed by atoms with Gasteiger partial charge >= 0.3 is 0 Å². The van der Waals surface area contributed by atoms with Crippen molar-refractivity contribution in [2.24, 2.45) is 0 Å². The van der Waals surface area contributed by atoms with E-state index in [4.69, 9.17) is 4.42 Å². The molecule has 8 aromatic rings. The Morgan fingerprint density at radius 2 is 1.45 bits per heavy atom. The Hall–Kier alpha value is -4.74. The molecule has 0 atom stereocenters. The molecule has 0 saturated carbocycles. The van der Waals surface area contributed by atoms with Crippen LogP contribution in [0.4, 0.5) is 17.1 Å². The Bertz CT molecular complexity index is 2690. The predicted octanol–water partition coefficient (Wildman–Crippen LogP) is 11.4. The van der Waals surface area contributed by atoms with Gasteiger partial charge in [-0.15, -0.1) is 11.3 Å². The number of hydrogen-bond donors (Lipinski definition) is 1. The van der Waals surface area contributed by atoms with Crippen LogP contribution >= 0.6 is 11.3 Å². The number of aromatic nitrogens is 1. The lowest BCUT2D eigenvalue weighted by Gasteiger charge is -2.43. The van der Waals surface area contributed by atoms with Crippen molar-refractivity contribution in [2.45, 2.75) is 65.2 Å². The van der Waals surface area contributed by atoms with Crippen LogP contribution in [0.5, 0.6) is 0 Å². The van der Waals surface area contributed by atoms with Crippen LogP contribution in [0.25, 0.3) is 54.2 Å². The second-order valence-corrected chi connectivity index (χ2v) is 16.7. The fourth-order valence-corrected chi connectivity index (χ4v) is 9.94. The fourth-order valence-electron chi connectivity index (χ4n) is 8.80. The van der Waals surface area contributed by atoms with Crippen LogP contribution in [-0.4, -0.2) is 12.3 Å². The normalized spacial score (nSPS) is 16.2. The number of H-pyrrole nitrogens is 1. The quantitative estimate of drug-likeness (QED) is 0.188. The summed E-state index contributed by atoms with van der Waals surface area (Å²) in [6.07, 6.45) is 2.40. The van der Waals surface area contributed by atoms with Crippen LogP contribution in [0.2, 0.25) is 0 Å². The molecule has 1 aliphatic carbocycles. The van der Waals surface area contributed by atoms with Gasteiger partial charge in [0.05, 0.1) is 16.6 Å². The van der Waals surface area contributed by atoms with E-state index in [0.717, 1.165) is 27.6 Å². The van der Waals surface area contributed by atoms with Gasteiger partial charge in [-0.3, -0.25) is 0 Å². The number of anilines is 3. The number of nitrogens with zero attached hydrogens (tertiary/aromatic N) is 1. The lowest BCUT2D eigenvalue weighted by Crippen LogP contribution is -2.40. The average molecular weight is 654 g/mol. The molecule has 5 aromatic carbocycles. The number of thiophene rings is 1. The van der Waals surface area contributed by atoms with Crippen molar-refractivity contribution >= 4 is 89.0 Å². The first-order chi connectivity index (χ1) is 23.6. The van der Waals surface area contributed by atoms with Crippen molar-refractivity contribution < 1.29 is 4.42 Å². The van der Waals surface area contributed by atoms with Crippen molar-refractivity contribution in [3.8, 4) is 11.1 Å². The number of hydrogen-bond acceptors (Lipinski definition) is 3. The van der Waals surface area contributed by atoms with Crippen LogP contribution in [0.3, 0.4) is 0 Å². The zero-order valence-corrected chi connectivity index (χ0v) is 29.7. The molecule has 2 aliphatic rings. The molecule has 0 saturated heterocycles. The lowest BCUT2D eigenvalue weighted by molar-refractivity contribution is 0.332. The first-order valence-electron chi connectivity index (χ1n) is 17.5. The molecule has 0 amide bonds. The topological polar surface area (TPSA) is 32.2 Å². The fraction of sp³-hybridized carbons (Fsp3) is 0.227. The van der Waals surface area contributed by atoms with Crippen LogP contribution in [-0.2, 0) is 10.8 Å². The molecule has 10 rings (SSSR count). The predicted molar refractivity (Wildman–Crippen MR) is 211 cm³/mol.